The summed E-state index contributed by atoms with van der Waals surface area (Å²) >= 11 is 5.85. The summed E-state index contributed by atoms with van der Waals surface area (Å²) in [6.45, 7) is 2.96. The van der Waals surface area contributed by atoms with Crippen LogP contribution in [0.3, 0.4) is 0 Å². The quantitative estimate of drug-likeness (QED) is 0.670. The van der Waals surface area contributed by atoms with Crippen LogP contribution in [0.1, 0.15) is 26.2 Å². The Bertz CT molecular complexity index is 193. The number of nitrogens with zero attached hydrogens (tertiary/aromatic N) is 1. The van der Waals surface area contributed by atoms with E-state index in [2.05, 4.69) is 0 Å². The van der Waals surface area contributed by atoms with Crippen molar-refractivity contribution in [3.63, 3.8) is 0 Å². The summed E-state index contributed by atoms with van der Waals surface area (Å²) in [6, 6.07) is 0. The molecule has 4 heteroatoms. The van der Waals surface area contributed by atoms with Crippen molar-refractivity contribution in [2.45, 2.75) is 31.6 Å². The van der Waals surface area contributed by atoms with Gasteiger partial charge in [-0.15, -0.1) is 11.6 Å². The van der Waals surface area contributed by atoms with Gasteiger partial charge in [0.2, 0.25) is 5.91 Å². The van der Waals surface area contributed by atoms with Gasteiger partial charge in [0.1, 0.15) is 5.38 Å². The zero-order chi connectivity index (χ0) is 10.6. The van der Waals surface area contributed by atoms with Crippen molar-refractivity contribution in [1.29, 1.82) is 0 Å². The number of rotatable bonds is 3. The molecule has 1 fully saturated rings. The summed E-state index contributed by atoms with van der Waals surface area (Å²) in [5.41, 5.74) is 0. The SMILES string of the molecule is CC[C@H](Cl)C(=O)N1CCC(CF)CC1. The molecule has 0 saturated carbocycles. The Morgan fingerprint density at radius 3 is 2.57 bits per heavy atom. The highest BCUT2D eigenvalue weighted by Gasteiger charge is 2.25. The van der Waals surface area contributed by atoms with Gasteiger partial charge in [0.05, 0.1) is 6.67 Å². The van der Waals surface area contributed by atoms with Gasteiger partial charge in [0.25, 0.3) is 0 Å². The van der Waals surface area contributed by atoms with Crippen molar-refractivity contribution in [2.24, 2.45) is 5.92 Å². The van der Waals surface area contributed by atoms with Gasteiger partial charge in [-0.05, 0) is 25.2 Å². The zero-order valence-corrected chi connectivity index (χ0v) is 9.26. The number of hydrogen-bond acceptors (Lipinski definition) is 1. The molecule has 1 atom stereocenters. The lowest BCUT2D eigenvalue weighted by Crippen LogP contribution is -2.42. The Hall–Kier alpha value is -0.310. The molecule has 0 radical (unpaired) electrons. The summed E-state index contributed by atoms with van der Waals surface area (Å²) < 4.78 is 12.3. The summed E-state index contributed by atoms with van der Waals surface area (Å²) in [5, 5.41) is -0.406. The lowest BCUT2D eigenvalue weighted by Gasteiger charge is -2.31. The summed E-state index contributed by atoms with van der Waals surface area (Å²) in [4.78, 5) is 13.4. The van der Waals surface area contributed by atoms with Crippen LogP contribution >= 0.6 is 11.6 Å². The number of hydrogen-bond donors (Lipinski definition) is 0. The minimum Gasteiger partial charge on any atom is -0.341 e. The first-order chi connectivity index (χ1) is 6.69. The van der Waals surface area contributed by atoms with Crippen molar-refractivity contribution >= 4 is 17.5 Å². The van der Waals surface area contributed by atoms with Crippen LogP contribution in [-0.2, 0) is 4.79 Å². The van der Waals surface area contributed by atoms with Gasteiger partial charge in [-0.1, -0.05) is 6.92 Å². The molecule has 0 aromatic carbocycles. The van der Waals surface area contributed by atoms with Crippen molar-refractivity contribution in [3.05, 3.63) is 0 Å². The van der Waals surface area contributed by atoms with Gasteiger partial charge >= 0.3 is 0 Å². The molecule has 1 heterocycles. The van der Waals surface area contributed by atoms with Gasteiger partial charge in [0.15, 0.2) is 0 Å². The average Bonchev–Trinajstić information content (AvgIpc) is 2.27. The molecule has 0 aromatic rings. The first kappa shape index (κ1) is 11.8. The van der Waals surface area contributed by atoms with Gasteiger partial charge in [-0.25, -0.2) is 0 Å². The molecule has 0 N–H and O–H groups in total. The minimum atomic E-state index is -0.406. The molecule has 1 aliphatic heterocycles. The summed E-state index contributed by atoms with van der Waals surface area (Å²) in [5.74, 6) is 0.154. The third kappa shape index (κ3) is 2.84. The smallest absolute Gasteiger partial charge is 0.240 e. The molecule has 1 aliphatic rings. The average molecular weight is 222 g/mol. The topological polar surface area (TPSA) is 20.3 Å². The predicted octanol–water partition coefficient (Wildman–Crippen LogP) is 2.21. The largest absolute Gasteiger partial charge is 0.341 e. The van der Waals surface area contributed by atoms with E-state index in [4.69, 9.17) is 11.6 Å². The van der Waals surface area contributed by atoms with Gasteiger partial charge in [0, 0.05) is 13.1 Å². The third-order valence-electron chi connectivity index (χ3n) is 2.77. The highest BCUT2D eigenvalue weighted by Crippen LogP contribution is 2.19. The van der Waals surface area contributed by atoms with Gasteiger partial charge in [-0.2, -0.15) is 0 Å². The maximum absolute atomic E-state index is 12.3. The summed E-state index contributed by atoms with van der Waals surface area (Å²) in [6.07, 6.45) is 2.20. The second kappa shape index (κ2) is 5.54. The molecular formula is C10H17ClFNO. The van der Waals surface area contributed by atoms with Crippen LogP contribution in [0.25, 0.3) is 0 Å². The molecule has 0 aliphatic carbocycles. The molecule has 0 aromatic heterocycles. The number of amides is 1. The van der Waals surface area contributed by atoms with Crippen molar-refractivity contribution in [1.82, 2.24) is 4.90 Å². The van der Waals surface area contributed by atoms with E-state index in [1.807, 2.05) is 6.92 Å². The Labute approximate surface area is 89.4 Å². The van der Waals surface area contributed by atoms with Crippen LogP contribution in [0.4, 0.5) is 4.39 Å². The molecule has 1 rings (SSSR count). The fourth-order valence-electron chi connectivity index (χ4n) is 1.68. The highest BCUT2D eigenvalue weighted by atomic mass is 35.5. The van der Waals surface area contributed by atoms with E-state index in [1.54, 1.807) is 4.90 Å². The third-order valence-corrected chi connectivity index (χ3v) is 3.27. The Morgan fingerprint density at radius 2 is 2.14 bits per heavy atom. The van der Waals surface area contributed by atoms with E-state index in [-0.39, 0.29) is 18.5 Å². The summed E-state index contributed by atoms with van der Waals surface area (Å²) in [7, 11) is 0. The van der Waals surface area contributed by atoms with Crippen LogP contribution in [0, 0.1) is 5.92 Å². The molecule has 0 spiro atoms. The molecule has 1 amide bonds. The van der Waals surface area contributed by atoms with Crippen molar-refractivity contribution in [2.75, 3.05) is 19.8 Å². The minimum absolute atomic E-state index is 0.00600. The molecule has 82 valence electrons. The van der Waals surface area contributed by atoms with Crippen LogP contribution < -0.4 is 0 Å². The second-order valence-corrected chi connectivity index (χ2v) is 4.33. The standard InChI is InChI=1S/C10H17ClFNO/c1-2-9(11)10(14)13-5-3-8(7-12)4-6-13/h8-9H,2-7H2,1H3/t9-/m0/s1. The maximum Gasteiger partial charge on any atom is 0.240 e. The molecule has 0 bridgehead atoms. The number of carbonyl (C=O) groups excluding carboxylic acids is 1. The number of piperidine rings is 1. The van der Waals surface area contributed by atoms with E-state index in [9.17, 15) is 9.18 Å². The number of alkyl halides is 2. The lowest BCUT2D eigenvalue weighted by atomic mass is 9.98. The Morgan fingerprint density at radius 1 is 1.57 bits per heavy atom. The fraction of sp³-hybridized carbons (Fsp3) is 0.900. The maximum atomic E-state index is 12.3. The molecule has 14 heavy (non-hydrogen) atoms. The van der Waals surface area contributed by atoms with E-state index < -0.39 is 5.38 Å². The number of carbonyl (C=O) groups is 1. The van der Waals surface area contributed by atoms with Gasteiger partial charge in [-0.3, -0.25) is 9.18 Å². The Kier molecular flexibility index (Phi) is 4.66. The van der Waals surface area contributed by atoms with Crippen molar-refractivity contribution < 1.29 is 9.18 Å². The zero-order valence-electron chi connectivity index (χ0n) is 8.51. The van der Waals surface area contributed by atoms with Crippen LogP contribution in [0.15, 0.2) is 0 Å². The highest BCUT2D eigenvalue weighted by molar-refractivity contribution is 6.30. The van der Waals surface area contributed by atoms with Crippen LogP contribution in [0.2, 0.25) is 0 Å². The molecule has 0 unspecified atom stereocenters. The lowest BCUT2D eigenvalue weighted by molar-refractivity contribution is -0.132. The van der Waals surface area contributed by atoms with Crippen LogP contribution in [-0.4, -0.2) is 35.9 Å². The predicted molar refractivity (Wildman–Crippen MR) is 55.2 cm³/mol. The fourth-order valence-corrected chi connectivity index (χ4v) is 1.82. The number of likely N-dealkylation sites (tertiary alicyclic amines) is 1. The number of halogens is 2. The second-order valence-electron chi connectivity index (χ2n) is 3.80. The Balaban J connectivity index is 2.37. The van der Waals surface area contributed by atoms with E-state index in [1.165, 1.54) is 0 Å². The normalized spacial score (nSPS) is 20.9. The van der Waals surface area contributed by atoms with Crippen LogP contribution in [0.5, 0.6) is 0 Å². The first-order valence-electron chi connectivity index (χ1n) is 5.17. The molecule has 2 nitrogen and oxygen atoms in total. The first-order valence-corrected chi connectivity index (χ1v) is 5.61. The van der Waals surface area contributed by atoms with E-state index >= 15 is 0 Å². The molecular weight excluding hydrogens is 205 g/mol. The van der Waals surface area contributed by atoms with E-state index in [0.29, 0.717) is 19.5 Å². The van der Waals surface area contributed by atoms with E-state index in [0.717, 1.165) is 12.8 Å². The molecule has 1 saturated heterocycles. The monoisotopic (exact) mass is 221 g/mol. The van der Waals surface area contributed by atoms with Crippen molar-refractivity contribution in [3.8, 4) is 0 Å². The van der Waals surface area contributed by atoms with Gasteiger partial charge < -0.3 is 4.90 Å².